The van der Waals surface area contributed by atoms with E-state index in [0.29, 0.717) is 0 Å². The van der Waals surface area contributed by atoms with E-state index < -0.39 is 24.3 Å². The number of ether oxygens (including phenoxy) is 1. The minimum atomic E-state index is -4.53. The molecule has 134 valence electrons. The summed E-state index contributed by atoms with van der Waals surface area (Å²) < 4.78 is 45.7. The van der Waals surface area contributed by atoms with E-state index in [1.165, 1.54) is 18.2 Å². The maximum atomic E-state index is 12.9. The highest BCUT2D eigenvalue weighted by molar-refractivity contribution is 5.77. The fourth-order valence-corrected chi connectivity index (χ4v) is 2.77. The van der Waals surface area contributed by atoms with E-state index in [1.54, 1.807) is 0 Å². The molecule has 0 unspecified atom stereocenters. The molecule has 25 heavy (non-hydrogen) atoms. The Balaban J connectivity index is 1.53. The molecule has 0 spiro atoms. The number of carbonyl (C=O) groups excluding carboxylic acids is 1. The van der Waals surface area contributed by atoms with Crippen LogP contribution >= 0.6 is 0 Å². The first kappa shape index (κ1) is 17.3. The van der Waals surface area contributed by atoms with Gasteiger partial charge in [-0.25, -0.2) is 4.98 Å². The van der Waals surface area contributed by atoms with E-state index in [0.717, 1.165) is 43.4 Å². The summed E-state index contributed by atoms with van der Waals surface area (Å²) >= 11 is 0. The van der Waals surface area contributed by atoms with Gasteiger partial charge in [-0.05, 0) is 25.0 Å². The Labute approximate surface area is 142 Å². The fraction of sp³-hybridized carbons (Fsp3) is 0.412. The van der Waals surface area contributed by atoms with Crippen molar-refractivity contribution in [3.8, 4) is 5.75 Å². The van der Waals surface area contributed by atoms with Crippen molar-refractivity contribution in [2.24, 2.45) is 0 Å². The van der Waals surface area contributed by atoms with E-state index in [-0.39, 0.29) is 12.3 Å². The van der Waals surface area contributed by atoms with E-state index in [9.17, 15) is 18.0 Å². The highest BCUT2D eigenvalue weighted by Crippen LogP contribution is 2.35. The number of rotatable bonds is 5. The molecule has 1 N–H and O–H groups in total. The molecule has 0 radical (unpaired) electrons. The number of nitrogens with zero attached hydrogens (tertiary/aromatic N) is 2. The number of para-hydroxylation sites is 1. The van der Waals surface area contributed by atoms with Crippen LogP contribution in [0.15, 0.2) is 30.5 Å². The number of nitrogens with one attached hydrogen (secondary N) is 1. The average Bonchev–Trinajstić information content (AvgIpc) is 3.00. The third-order valence-corrected chi connectivity index (χ3v) is 3.98. The Bertz CT molecular complexity index is 732. The quantitative estimate of drug-likeness (QED) is 0.899. The van der Waals surface area contributed by atoms with Gasteiger partial charge in [-0.15, -0.1) is 0 Å². The van der Waals surface area contributed by atoms with Gasteiger partial charge < -0.3 is 14.6 Å². The van der Waals surface area contributed by atoms with Crippen LogP contribution in [-0.2, 0) is 30.5 Å². The van der Waals surface area contributed by atoms with E-state index in [2.05, 4.69) is 14.9 Å². The zero-order valence-electron chi connectivity index (χ0n) is 13.5. The molecule has 2 heterocycles. The first-order valence-corrected chi connectivity index (χ1v) is 8.04. The Morgan fingerprint density at radius 2 is 2.08 bits per heavy atom. The number of imidazole rings is 1. The molecule has 1 aliphatic heterocycles. The second-order valence-electron chi connectivity index (χ2n) is 5.86. The summed E-state index contributed by atoms with van der Waals surface area (Å²) in [4.78, 5) is 16.3. The molecule has 8 heteroatoms. The standard InChI is InChI=1S/C17H18F3N3O2/c18-17(19,20)13-5-1-2-6-14(13)25-11-16(24)21-9-12-10-23-8-4-3-7-15(23)22-12/h1-2,5-6,10H,3-4,7-9,11H2,(H,21,24). The molecule has 0 bridgehead atoms. The predicted octanol–water partition coefficient (Wildman–Crippen LogP) is 2.93. The van der Waals surface area contributed by atoms with Crippen molar-refractivity contribution in [2.45, 2.75) is 38.5 Å². The average molecular weight is 353 g/mol. The molecular weight excluding hydrogens is 335 g/mol. The lowest BCUT2D eigenvalue weighted by atomic mass is 10.2. The number of halogens is 3. The molecule has 1 aromatic carbocycles. The molecule has 1 aromatic heterocycles. The SMILES string of the molecule is O=C(COc1ccccc1C(F)(F)F)NCc1cn2c(n1)CCCC2. The van der Waals surface area contributed by atoms with Crippen molar-refractivity contribution in [3.05, 3.63) is 47.5 Å². The summed E-state index contributed by atoms with van der Waals surface area (Å²) in [6.07, 6.45) is 0.513. The smallest absolute Gasteiger partial charge is 0.419 e. The predicted molar refractivity (Wildman–Crippen MR) is 84.0 cm³/mol. The normalized spacial score (nSPS) is 14.0. The van der Waals surface area contributed by atoms with Crippen LogP contribution in [0.25, 0.3) is 0 Å². The largest absolute Gasteiger partial charge is 0.483 e. The van der Waals surface area contributed by atoms with Crippen molar-refractivity contribution in [3.63, 3.8) is 0 Å². The van der Waals surface area contributed by atoms with Crippen LogP contribution in [0.5, 0.6) is 5.75 Å². The Hall–Kier alpha value is -2.51. The Morgan fingerprint density at radius 1 is 1.28 bits per heavy atom. The van der Waals surface area contributed by atoms with Crippen molar-refractivity contribution >= 4 is 5.91 Å². The second-order valence-corrected chi connectivity index (χ2v) is 5.86. The van der Waals surface area contributed by atoms with E-state index in [4.69, 9.17) is 4.74 Å². The molecule has 0 fully saturated rings. The first-order chi connectivity index (χ1) is 11.9. The van der Waals surface area contributed by atoms with Crippen LogP contribution in [-0.4, -0.2) is 22.1 Å². The molecule has 0 saturated carbocycles. The van der Waals surface area contributed by atoms with Crippen LogP contribution in [0.2, 0.25) is 0 Å². The van der Waals surface area contributed by atoms with Gasteiger partial charge in [-0.3, -0.25) is 4.79 Å². The lowest BCUT2D eigenvalue weighted by molar-refractivity contribution is -0.139. The molecule has 5 nitrogen and oxygen atoms in total. The van der Waals surface area contributed by atoms with Gasteiger partial charge in [-0.2, -0.15) is 13.2 Å². The van der Waals surface area contributed by atoms with Crippen molar-refractivity contribution in [2.75, 3.05) is 6.61 Å². The lowest BCUT2D eigenvalue weighted by Crippen LogP contribution is -2.29. The van der Waals surface area contributed by atoms with Gasteiger partial charge in [0.2, 0.25) is 0 Å². The maximum absolute atomic E-state index is 12.9. The Morgan fingerprint density at radius 3 is 2.84 bits per heavy atom. The molecule has 0 atom stereocenters. The van der Waals surface area contributed by atoms with Crippen LogP contribution in [0.4, 0.5) is 13.2 Å². The topological polar surface area (TPSA) is 56.1 Å². The molecule has 1 amide bonds. The number of benzene rings is 1. The summed E-state index contributed by atoms with van der Waals surface area (Å²) in [5, 5.41) is 2.62. The monoisotopic (exact) mass is 353 g/mol. The number of amides is 1. The van der Waals surface area contributed by atoms with Gasteiger partial charge in [0.05, 0.1) is 17.8 Å². The van der Waals surface area contributed by atoms with E-state index in [1.807, 2.05) is 6.20 Å². The number of aromatic nitrogens is 2. The molecule has 0 aliphatic carbocycles. The van der Waals surface area contributed by atoms with Crippen LogP contribution in [0.1, 0.15) is 29.9 Å². The number of fused-ring (bicyclic) bond motifs is 1. The van der Waals surface area contributed by atoms with Crippen molar-refractivity contribution in [1.82, 2.24) is 14.9 Å². The zero-order valence-corrected chi connectivity index (χ0v) is 13.5. The van der Waals surface area contributed by atoms with Gasteiger partial charge in [-0.1, -0.05) is 12.1 Å². The summed E-state index contributed by atoms with van der Waals surface area (Å²) in [5.41, 5.74) is -0.162. The number of hydrogen-bond acceptors (Lipinski definition) is 3. The second kappa shape index (κ2) is 7.16. The van der Waals surface area contributed by atoms with Gasteiger partial charge in [0, 0.05) is 19.2 Å². The first-order valence-electron chi connectivity index (χ1n) is 8.04. The highest BCUT2D eigenvalue weighted by atomic mass is 19.4. The minimum absolute atomic E-state index is 0.225. The molecule has 3 rings (SSSR count). The number of hydrogen-bond donors (Lipinski definition) is 1. The van der Waals surface area contributed by atoms with Crippen LogP contribution in [0.3, 0.4) is 0 Å². The molecule has 1 aliphatic rings. The van der Waals surface area contributed by atoms with Gasteiger partial charge in [0.25, 0.3) is 5.91 Å². The highest BCUT2D eigenvalue weighted by Gasteiger charge is 2.34. The summed E-state index contributed by atoms with van der Waals surface area (Å²) in [6.45, 7) is 0.664. The maximum Gasteiger partial charge on any atom is 0.419 e. The van der Waals surface area contributed by atoms with Crippen molar-refractivity contribution in [1.29, 1.82) is 0 Å². The molecule has 2 aromatic rings. The van der Waals surface area contributed by atoms with Crippen LogP contribution in [0, 0.1) is 0 Å². The van der Waals surface area contributed by atoms with Gasteiger partial charge >= 0.3 is 6.18 Å². The van der Waals surface area contributed by atoms with Gasteiger partial charge in [0.15, 0.2) is 6.61 Å². The number of carbonyl (C=O) groups is 1. The molecular formula is C17H18F3N3O2. The summed E-state index contributed by atoms with van der Waals surface area (Å²) in [7, 11) is 0. The van der Waals surface area contributed by atoms with E-state index >= 15 is 0 Å². The summed E-state index contributed by atoms with van der Waals surface area (Å²) in [5.74, 6) is 0.149. The number of aryl methyl sites for hydroxylation is 2. The Kier molecular flexibility index (Phi) is 4.96. The van der Waals surface area contributed by atoms with Gasteiger partial charge in [0.1, 0.15) is 11.6 Å². The zero-order chi connectivity index (χ0) is 17.9. The third-order valence-electron chi connectivity index (χ3n) is 3.98. The fourth-order valence-electron chi connectivity index (χ4n) is 2.77. The van der Waals surface area contributed by atoms with Crippen molar-refractivity contribution < 1.29 is 22.7 Å². The lowest BCUT2D eigenvalue weighted by Gasteiger charge is -2.13. The minimum Gasteiger partial charge on any atom is -0.483 e. The molecule has 0 saturated heterocycles. The van der Waals surface area contributed by atoms with Crippen LogP contribution < -0.4 is 10.1 Å². The third kappa shape index (κ3) is 4.32. The summed E-state index contributed by atoms with van der Waals surface area (Å²) in [6, 6.07) is 4.82. The number of alkyl halides is 3.